The maximum absolute atomic E-state index is 6.12. The Hall–Kier alpha value is -1.03. The highest BCUT2D eigenvalue weighted by atomic mass is 35.5. The predicted octanol–water partition coefficient (Wildman–Crippen LogP) is 4.45. The van der Waals surface area contributed by atoms with Gasteiger partial charge in [0.05, 0.1) is 4.34 Å². The first-order valence-corrected chi connectivity index (χ1v) is 8.22. The van der Waals surface area contributed by atoms with E-state index in [0.29, 0.717) is 12.6 Å². The van der Waals surface area contributed by atoms with Crippen molar-refractivity contribution in [2.75, 3.05) is 13.2 Å². The van der Waals surface area contributed by atoms with Crippen LogP contribution in [-0.4, -0.2) is 13.2 Å². The number of benzene rings is 1. The van der Waals surface area contributed by atoms with Crippen molar-refractivity contribution in [3.63, 3.8) is 0 Å². The van der Waals surface area contributed by atoms with Gasteiger partial charge in [0.25, 0.3) is 0 Å². The lowest BCUT2D eigenvalue weighted by atomic mass is 9.94. The third kappa shape index (κ3) is 3.35. The quantitative estimate of drug-likeness (QED) is 0.824. The molecule has 1 aliphatic rings. The molecule has 0 radical (unpaired) electrons. The fraction of sp³-hybridized carbons (Fsp3) is 0.375. The molecule has 1 atom stereocenters. The van der Waals surface area contributed by atoms with Crippen molar-refractivity contribution in [3.8, 4) is 5.75 Å². The third-order valence-corrected chi connectivity index (χ3v) is 4.93. The second kappa shape index (κ2) is 6.61. The first kappa shape index (κ1) is 13.9. The summed E-state index contributed by atoms with van der Waals surface area (Å²) in [6, 6.07) is 12.5. The third-order valence-electron chi connectivity index (χ3n) is 3.59. The summed E-state index contributed by atoms with van der Waals surface area (Å²) in [5.41, 5.74) is 1.39. The van der Waals surface area contributed by atoms with Crippen molar-refractivity contribution >= 4 is 22.9 Å². The molecule has 0 bridgehead atoms. The summed E-state index contributed by atoms with van der Waals surface area (Å²) < 4.78 is 6.61. The van der Waals surface area contributed by atoms with Gasteiger partial charge in [-0.05, 0) is 43.0 Å². The Morgan fingerprint density at radius 2 is 2.15 bits per heavy atom. The molecule has 20 heavy (non-hydrogen) atoms. The molecule has 1 heterocycles. The van der Waals surface area contributed by atoms with E-state index in [1.54, 1.807) is 11.3 Å². The van der Waals surface area contributed by atoms with Gasteiger partial charge in [-0.25, -0.2) is 0 Å². The van der Waals surface area contributed by atoms with Crippen LogP contribution in [0.15, 0.2) is 36.4 Å². The van der Waals surface area contributed by atoms with Crippen LogP contribution >= 0.6 is 22.9 Å². The number of thiophene rings is 1. The molecule has 2 aromatic rings. The van der Waals surface area contributed by atoms with E-state index in [0.717, 1.165) is 16.6 Å². The number of ether oxygens (including phenoxy) is 1. The topological polar surface area (TPSA) is 21.3 Å². The highest BCUT2D eigenvalue weighted by molar-refractivity contribution is 7.16. The van der Waals surface area contributed by atoms with Crippen LogP contribution in [-0.2, 0) is 6.42 Å². The molecule has 0 amide bonds. The summed E-state index contributed by atoms with van der Waals surface area (Å²) >= 11 is 7.85. The van der Waals surface area contributed by atoms with Crippen LogP contribution in [0.5, 0.6) is 5.75 Å². The highest BCUT2D eigenvalue weighted by Gasteiger charge is 2.22. The van der Waals surface area contributed by atoms with Crippen LogP contribution in [0.3, 0.4) is 0 Å². The summed E-state index contributed by atoms with van der Waals surface area (Å²) in [6.07, 6.45) is 3.60. The van der Waals surface area contributed by atoms with E-state index < -0.39 is 0 Å². The van der Waals surface area contributed by atoms with Gasteiger partial charge in [0.2, 0.25) is 0 Å². The van der Waals surface area contributed by atoms with Crippen LogP contribution in [0, 0.1) is 0 Å². The summed E-state index contributed by atoms with van der Waals surface area (Å²) in [7, 11) is 0. The number of hydrogen-bond donors (Lipinski definition) is 1. The minimum atomic E-state index is 0.432. The Balaban J connectivity index is 1.50. The molecule has 1 aliphatic carbocycles. The van der Waals surface area contributed by atoms with Crippen molar-refractivity contribution in [2.45, 2.75) is 25.3 Å². The number of fused-ring (bicyclic) bond motifs is 1. The van der Waals surface area contributed by atoms with E-state index >= 15 is 0 Å². The predicted molar refractivity (Wildman–Crippen MR) is 84.9 cm³/mol. The molecule has 4 heteroatoms. The maximum Gasteiger partial charge on any atom is 0.119 e. The van der Waals surface area contributed by atoms with Gasteiger partial charge in [-0.3, -0.25) is 0 Å². The van der Waals surface area contributed by atoms with E-state index in [2.05, 4.69) is 11.4 Å². The van der Waals surface area contributed by atoms with Gasteiger partial charge in [-0.2, -0.15) is 0 Å². The fourth-order valence-electron chi connectivity index (χ4n) is 2.65. The molecule has 106 valence electrons. The largest absolute Gasteiger partial charge is 0.492 e. The number of halogens is 1. The molecule has 2 nitrogen and oxygen atoms in total. The monoisotopic (exact) mass is 307 g/mol. The molecular weight excluding hydrogens is 290 g/mol. The van der Waals surface area contributed by atoms with Crippen LogP contribution in [0.4, 0.5) is 0 Å². The van der Waals surface area contributed by atoms with Crippen molar-refractivity contribution in [3.05, 3.63) is 51.2 Å². The van der Waals surface area contributed by atoms with E-state index in [9.17, 15) is 0 Å². The Morgan fingerprint density at radius 1 is 1.30 bits per heavy atom. The first-order chi connectivity index (χ1) is 9.83. The molecule has 0 saturated carbocycles. The summed E-state index contributed by atoms with van der Waals surface area (Å²) in [6.45, 7) is 1.54. The zero-order chi connectivity index (χ0) is 13.8. The van der Waals surface area contributed by atoms with Gasteiger partial charge in [-0.15, -0.1) is 11.3 Å². The zero-order valence-electron chi connectivity index (χ0n) is 11.3. The molecule has 1 N–H and O–H groups in total. The Morgan fingerprint density at radius 3 is 3.00 bits per heavy atom. The number of hydrogen-bond acceptors (Lipinski definition) is 3. The molecule has 0 aliphatic heterocycles. The van der Waals surface area contributed by atoms with E-state index in [-0.39, 0.29) is 0 Å². The number of rotatable bonds is 5. The fourth-order valence-corrected chi connectivity index (χ4v) is 4.04. The second-order valence-electron chi connectivity index (χ2n) is 4.99. The van der Waals surface area contributed by atoms with Crippen molar-refractivity contribution < 1.29 is 4.74 Å². The Bertz CT molecular complexity index is 555. The molecule has 3 rings (SSSR count). The highest BCUT2D eigenvalue weighted by Crippen LogP contribution is 2.37. The van der Waals surface area contributed by atoms with Gasteiger partial charge in [0.15, 0.2) is 0 Å². The Labute approximate surface area is 128 Å². The van der Waals surface area contributed by atoms with Crippen molar-refractivity contribution in [1.82, 2.24) is 5.32 Å². The van der Waals surface area contributed by atoms with E-state index in [1.165, 1.54) is 29.7 Å². The van der Waals surface area contributed by atoms with Crippen LogP contribution in [0.2, 0.25) is 4.34 Å². The number of nitrogens with one attached hydrogen (secondary N) is 1. The molecule has 1 aromatic carbocycles. The van der Waals surface area contributed by atoms with Crippen LogP contribution in [0.25, 0.3) is 0 Å². The normalized spacial score (nSPS) is 17.8. The van der Waals surface area contributed by atoms with Gasteiger partial charge < -0.3 is 10.1 Å². The van der Waals surface area contributed by atoms with Crippen LogP contribution < -0.4 is 10.1 Å². The second-order valence-corrected chi connectivity index (χ2v) is 6.76. The average Bonchev–Trinajstić information content (AvgIpc) is 2.86. The van der Waals surface area contributed by atoms with E-state index in [1.807, 2.05) is 30.3 Å². The molecule has 0 spiro atoms. The average molecular weight is 308 g/mol. The minimum Gasteiger partial charge on any atom is -0.492 e. The summed E-state index contributed by atoms with van der Waals surface area (Å²) in [4.78, 5) is 1.45. The van der Waals surface area contributed by atoms with E-state index in [4.69, 9.17) is 16.3 Å². The molecule has 1 unspecified atom stereocenters. The molecule has 1 aromatic heterocycles. The summed E-state index contributed by atoms with van der Waals surface area (Å²) in [5.74, 6) is 0.928. The van der Waals surface area contributed by atoms with Gasteiger partial charge in [-0.1, -0.05) is 29.8 Å². The standard InChI is InChI=1S/C16H18ClNOS/c17-16-11-13-14(7-4-8-15(13)20-16)18-9-10-19-12-5-2-1-3-6-12/h1-3,5-6,11,14,18H,4,7-10H2. The minimum absolute atomic E-state index is 0.432. The first-order valence-electron chi connectivity index (χ1n) is 7.02. The van der Waals surface area contributed by atoms with Crippen molar-refractivity contribution in [1.29, 1.82) is 0 Å². The van der Waals surface area contributed by atoms with Gasteiger partial charge in [0, 0.05) is 17.5 Å². The Kier molecular flexibility index (Phi) is 4.61. The molecule has 0 saturated heterocycles. The van der Waals surface area contributed by atoms with Crippen LogP contribution in [0.1, 0.15) is 29.3 Å². The lowest BCUT2D eigenvalue weighted by Crippen LogP contribution is -2.28. The SMILES string of the molecule is Clc1cc2c(s1)CCCC2NCCOc1ccccc1. The lowest BCUT2D eigenvalue weighted by molar-refractivity contribution is 0.301. The smallest absolute Gasteiger partial charge is 0.119 e. The number of aryl methyl sites for hydroxylation is 1. The van der Waals surface area contributed by atoms with Crippen molar-refractivity contribution in [2.24, 2.45) is 0 Å². The number of para-hydroxylation sites is 1. The lowest BCUT2D eigenvalue weighted by Gasteiger charge is -2.23. The maximum atomic E-state index is 6.12. The zero-order valence-corrected chi connectivity index (χ0v) is 12.8. The summed E-state index contributed by atoms with van der Waals surface area (Å²) in [5, 5.41) is 3.58. The molecular formula is C16H18ClNOS. The van der Waals surface area contributed by atoms with Gasteiger partial charge >= 0.3 is 0 Å². The molecule has 0 fully saturated rings. The van der Waals surface area contributed by atoms with Gasteiger partial charge in [0.1, 0.15) is 12.4 Å².